The second-order valence-electron chi connectivity index (χ2n) is 7.18. The summed E-state index contributed by atoms with van der Waals surface area (Å²) in [6.07, 6.45) is 19.6. The molecule has 0 radical (unpaired) electrons. The third-order valence-electron chi connectivity index (χ3n) is 4.74. The fraction of sp³-hybridized carbons (Fsp3) is 0.652. The summed E-state index contributed by atoms with van der Waals surface area (Å²) in [5.41, 5.74) is 1.41. The normalized spacial score (nSPS) is 16.4. The van der Waals surface area contributed by atoms with Gasteiger partial charge in [0.05, 0.1) is 6.61 Å². The minimum atomic E-state index is 0.329. The minimum absolute atomic E-state index is 0.329. The molecule has 1 unspecified atom stereocenters. The molecule has 1 aromatic carbocycles. The molecule has 0 bridgehead atoms. The van der Waals surface area contributed by atoms with Crippen LogP contribution in [0.2, 0.25) is 0 Å². The van der Waals surface area contributed by atoms with E-state index in [2.05, 4.69) is 43.3 Å². The van der Waals surface area contributed by atoms with E-state index in [1.807, 2.05) is 0 Å². The summed E-state index contributed by atoms with van der Waals surface area (Å²) in [6, 6.07) is 8.56. The van der Waals surface area contributed by atoms with Crippen LogP contribution in [-0.2, 0) is 11.2 Å². The number of epoxide rings is 1. The maximum Gasteiger partial charge on any atom is 0.119 e. The molecular weight excluding hydrogens is 308 g/mol. The van der Waals surface area contributed by atoms with Crippen molar-refractivity contribution in [1.29, 1.82) is 0 Å². The first-order chi connectivity index (χ1) is 12.4. The van der Waals surface area contributed by atoms with Crippen molar-refractivity contribution in [2.45, 2.75) is 83.7 Å². The Morgan fingerprint density at radius 1 is 0.920 bits per heavy atom. The summed E-state index contributed by atoms with van der Waals surface area (Å²) in [5.74, 6) is 0.957. The van der Waals surface area contributed by atoms with E-state index in [0.717, 1.165) is 12.4 Å². The maximum atomic E-state index is 5.67. The van der Waals surface area contributed by atoms with E-state index in [9.17, 15) is 0 Å². The average Bonchev–Trinajstić information content (AvgIpc) is 3.46. The number of unbranched alkanes of at least 4 members (excludes halogenated alkanes) is 8. The van der Waals surface area contributed by atoms with Gasteiger partial charge in [-0.2, -0.15) is 0 Å². The van der Waals surface area contributed by atoms with E-state index >= 15 is 0 Å². The van der Waals surface area contributed by atoms with Crippen LogP contribution in [0.1, 0.15) is 76.7 Å². The minimum Gasteiger partial charge on any atom is -0.491 e. The fourth-order valence-corrected chi connectivity index (χ4v) is 2.98. The number of hydrogen-bond donors (Lipinski definition) is 0. The van der Waals surface area contributed by atoms with Crippen LogP contribution in [0, 0.1) is 0 Å². The molecule has 2 nitrogen and oxygen atoms in total. The highest BCUT2D eigenvalue weighted by Crippen LogP contribution is 2.17. The standard InChI is InChI=1S/C23H36O2/c1-2-3-4-5-6-7-8-9-10-11-12-13-14-21-15-17-22(18-16-21)24-19-23-20-25-23/h8-9,15-18,23H,2-7,10-14,19-20H2,1H3/b9-8+. The molecule has 25 heavy (non-hydrogen) atoms. The van der Waals surface area contributed by atoms with Crippen molar-refractivity contribution >= 4 is 0 Å². The lowest BCUT2D eigenvalue weighted by Crippen LogP contribution is -2.03. The molecule has 1 saturated heterocycles. The molecule has 0 amide bonds. The van der Waals surface area contributed by atoms with Gasteiger partial charge < -0.3 is 9.47 Å². The third kappa shape index (κ3) is 10.3. The second kappa shape index (κ2) is 13.0. The third-order valence-corrected chi connectivity index (χ3v) is 4.74. The Balaban J connectivity index is 1.42. The Labute approximate surface area is 154 Å². The van der Waals surface area contributed by atoms with Crippen molar-refractivity contribution in [2.75, 3.05) is 13.2 Å². The number of aryl methyl sites for hydroxylation is 1. The van der Waals surface area contributed by atoms with Gasteiger partial charge in [-0.15, -0.1) is 0 Å². The van der Waals surface area contributed by atoms with Gasteiger partial charge >= 0.3 is 0 Å². The van der Waals surface area contributed by atoms with Gasteiger partial charge in [0.1, 0.15) is 18.5 Å². The molecule has 0 spiro atoms. The Hall–Kier alpha value is -1.28. The molecule has 140 valence electrons. The second-order valence-corrected chi connectivity index (χ2v) is 7.18. The summed E-state index contributed by atoms with van der Waals surface area (Å²) in [5, 5.41) is 0. The van der Waals surface area contributed by atoms with Crippen LogP contribution in [-0.4, -0.2) is 19.3 Å². The molecule has 0 aromatic heterocycles. The zero-order chi connectivity index (χ0) is 17.6. The van der Waals surface area contributed by atoms with Crippen molar-refractivity contribution in [3.8, 4) is 5.75 Å². The van der Waals surface area contributed by atoms with Gasteiger partial charge in [-0.3, -0.25) is 0 Å². The molecule has 2 heteroatoms. The van der Waals surface area contributed by atoms with Gasteiger partial charge in [-0.25, -0.2) is 0 Å². The van der Waals surface area contributed by atoms with Gasteiger partial charge in [0, 0.05) is 0 Å². The molecule has 1 fully saturated rings. The van der Waals surface area contributed by atoms with Crippen molar-refractivity contribution in [3.63, 3.8) is 0 Å². The fourth-order valence-electron chi connectivity index (χ4n) is 2.98. The zero-order valence-corrected chi connectivity index (χ0v) is 16.1. The Kier molecular flexibility index (Phi) is 10.4. The van der Waals surface area contributed by atoms with E-state index in [0.29, 0.717) is 12.7 Å². The molecule has 2 rings (SSSR count). The Bertz CT molecular complexity index is 459. The van der Waals surface area contributed by atoms with Crippen LogP contribution < -0.4 is 4.74 Å². The van der Waals surface area contributed by atoms with E-state index in [-0.39, 0.29) is 0 Å². The van der Waals surface area contributed by atoms with Crippen LogP contribution in [0.25, 0.3) is 0 Å². The van der Waals surface area contributed by atoms with E-state index in [1.54, 1.807) is 0 Å². The number of hydrogen-bond acceptors (Lipinski definition) is 2. The van der Waals surface area contributed by atoms with Crippen molar-refractivity contribution in [3.05, 3.63) is 42.0 Å². The molecule has 0 N–H and O–H groups in total. The maximum absolute atomic E-state index is 5.67. The highest BCUT2D eigenvalue weighted by molar-refractivity contribution is 5.27. The van der Waals surface area contributed by atoms with Gasteiger partial charge in [0.25, 0.3) is 0 Å². The van der Waals surface area contributed by atoms with Crippen molar-refractivity contribution in [1.82, 2.24) is 0 Å². The smallest absolute Gasteiger partial charge is 0.119 e. The average molecular weight is 345 g/mol. The van der Waals surface area contributed by atoms with E-state index < -0.39 is 0 Å². The van der Waals surface area contributed by atoms with Gasteiger partial charge in [-0.1, -0.05) is 63.3 Å². The van der Waals surface area contributed by atoms with Crippen LogP contribution in [0.4, 0.5) is 0 Å². The molecular formula is C23H36O2. The quantitative estimate of drug-likeness (QED) is 0.206. The predicted molar refractivity (Wildman–Crippen MR) is 106 cm³/mol. The first-order valence-electron chi connectivity index (χ1n) is 10.4. The van der Waals surface area contributed by atoms with Crippen molar-refractivity contribution < 1.29 is 9.47 Å². The van der Waals surface area contributed by atoms with Crippen molar-refractivity contribution in [2.24, 2.45) is 0 Å². The molecule has 1 heterocycles. The zero-order valence-electron chi connectivity index (χ0n) is 16.1. The largest absolute Gasteiger partial charge is 0.491 e. The molecule has 1 aliphatic rings. The first-order valence-corrected chi connectivity index (χ1v) is 10.4. The van der Waals surface area contributed by atoms with Crippen LogP contribution >= 0.6 is 0 Å². The summed E-state index contributed by atoms with van der Waals surface area (Å²) < 4.78 is 10.8. The van der Waals surface area contributed by atoms with Gasteiger partial charge in [-0.05, 0) is 56.2 Å². The van der Waals surface area contributed by atoms with E-state index in [4.69, 9.17) is 9.47 Å². The molecule has 0 aliphatic carbocycles. The topological polar surface area (TPSA) is 21.8 Å². The summed E-state index contributed by atoms with van der Waals surface area (Å²) in [6.45, 7) is 3.81. The monoisotopic (exact) mass is 344 g/mol. The predicted octanol–water partition coefficient (Wildman–Crippen LogP) is 6.48. The van der Waals surface area contributed by atoms with Crippen LogP contribution in [0.5, 0.6) is 5.75 Å². The summed E-state index contributed by atoms with van der Waals surface area (Å²) in [7, 11) is 0. The SMILES string of the molecule is CCCCCCC/C=C/CCCCCc1ccc(OCC2CO2)cc1. The lowest BCUT2D eigenvalue weighted by atomic mass is 10.1. The summed E-state index contributed by atoms with van der Waals surface area (Å²) >= 11 is 0. The number of ether oxygens (including phenoxy) is 2. The highest BCUT2D eigenvalue weighted by Gasteiger charge is 2.22. The molecule has 1 atom stereocenters. The van der Waals surface area contributed by atoms with Crippen LogP contribution in [0.3, 0.4) is 0 Å². The lowest BCUT2D eigenvalue weighted by molar-refractivity contribution is 0.263. The Morgan fingerprint density at radius 3 is 2.20 bits per heavy atom. The number of rotatable bonds is 15. The number of allylic oxidation sites excluding steroid dienone is 2. The molecule has 1 aromatic rings. The van der Waals surface area contributed by atoms with Gasteiger partial charge in [0.15, 0.2) is 0 Å². The highest BCUT2D eigenvalue weighted by atomic mass is 16.6. The van der Waals surface area contributed by atoms with Crippen LogP contribution in [0.15, 0.2) is 36.4 Å². The summed E-state index contributed by atoms with van der Waals surface area (Å²) in [4.78, 5) is 0. The molecule has 1 aliphatic heterocycles. The van der Waals surface area contributed by atoms with E-state index in [1.165, 1.54) is 76.2 Å². The Morgan fingerprint density at radius 2 is 1.56 bits per heavy atom. The first kappa shape index (κ1) is 20.0. The molecule has 0 saturated carbocycles. The van der Waals surface area contributed by atoms with Gasteiger partial charge in [0.2, 0.25) is 0 Å². The number of benzene rings is 1. The lowest BCUT2D eigenvalue weighted by Gasteiger charge is -2.06.